The van der Waals surface area contributed by atoms with Crippen molar-refractivity contribution in [3.63, 3.8) is 0 Å². The molecular weight excluding hydrogens is 768 g/mol. The van der Waals surface area contributed by atoms with Gasteiger partial charge in [-0.2, -0.15) is 0 Å². The zero-order valence-electron chi connectivity index (χ0n) is 27.9. The smallest absolute Gasteiger partial charge is 0.338 e. The van der Waals surface area contributed by atoms with Crippen LogP contribution in [0.25, 0.3) is 0 Å². The molecule has 5 aromatic rings. The Bertz CT molecular complexity index is 2050. The number of benzene rings is 5. The van der Waals surface area contributed by atoms with Crippen molar-refractivity contribution in [2.45, 2.75) is 35.5 Å². The Morgan fingerprint density at radius 1 is 0.623 bits per heavy atom. The molecule has 1 N–H and O–H groups in total. The van der Waals surface area contributed by atoms with Gasteiger partial charge in [0.15, 0.2) is 12.2 Å². The number of carbonyl (C=O) groups is 4. The van der Waals surface area contributed by atoms with Crippen LogP contribution in [-0.2, 0) is 34.8 Å². The van der Waals surface area contributed by atoms with E-state index in [1.165, 1.54) is 54.6 Å². The molecule has 0 aliphatic carbocycles. The minimum Gasteiger partial charge on any atom is -0.459 e. The highest BCUT2D eigenvalue weighted by Crippen LogP contribution is 2.42. The highest BCUT2D eigenvalue weighted by Gasteiger charge is 2.61. The van der Waals surface area contributed by atoms with Crippen molar-refractivity contribution in [2.75, 3.05) is 6.61 Å². The number of carbonyl (C=O) groups excluding carboxylic acids is 4. The van der Waals surface area contributed by atoms with Crippen molar-refractivity contribution in [2.24, 2.45) is 0 Å². The molecule has 5 aromatic carbocycles. The summed E-state index contributed by atoms with van der Waals surface area (Å²) in [7, 11) is 0. The number of alkyl halides is 1. The van der Waals surface area contributed by atoms with Gasteiger partial charge < -0.3 is 28.8 Å². The van der Waals surface area contributed by atoms with Crippen molar-refractivity contribution in [3.05, 3.63) is 178 Å². The fourth-order valence-electron chi connectivity index (χ4n) is 5.76. The molecule has 0 aromatic heterocycles. The lowest BCUT2D eigenvalue weighted by molar-refractivity contribution is -0.354. The largest absolute Gasteiger partial charge is 0.459 e. The van der Waals surface area contributed by atoms with Gasteiger partial charge in [-0.1, -0.05) is 106 Å². The molecule has 1 aliphatic rings. The summed E-state index contributed by atoms with van der Waals surface area (Å²) in [5.74, 6) is -6.00. The summed E-state index contributed by atoms with van der Waals surface area (Å²) in [6.45, 7) is -0.597. The zero-order chi connectivity index (χ0) is 37.4. The van der Waals surface area contributed by atoms with Gasteiger partial charge in [0.05, 0.1) is 22.3 Å². The van der Waals surface area contributed by atoms with Crippen LogP contribution >= 0.6 is 27.5 Å². The van der Waals surface area contributed by atoms with Crippen molar-refractivity contribution >= 4 is 51.4 Å². The van der Waals surface area contributed by atoms with E-state index in [0.29, 0.717) is 10.6 Å². The molecule has 0 amide bonds. The van der Waals surface area contributed by atoms with Gasteiger partial charge in [-0.15, -0.1) is 0 Å². The van der Waals surface area contributed by atoms with E-state index in [1.54, 1.807) is 84.9 Å². The third kappa shape index (κ3) is 8.66. The number of esters is 4. The van der Waals surface area contributed by atoms with Crippen LogP contribution in [0.2, 0.25) is 5.02 Å². The molecule has 5 atom stereocenters. The lowest BCUT2D eigenvalue weighted by Gasteiger charge is -2.49. The standard InChI is InChI=1S/C41H32BrClO10/c42-24-30-23-31(21-22-32(30)43)41(48)36(52-40(47)29-19-11-4-12-20-29)35(51-39(46)28-17-9-3-10-18-28)34(50-38(45)27-15-7-2-8-16-27)33(53-41)25-49-37(44)26-13-5-1-6-14-26/h1-23,33-36,48H,24-25H2/t33-,34-,35+,36-,41?/m1/s1. The first kappa shape index (κ1) is 37.4. The van der Waals surface area contributed by atoms with Gasteiger partial charge in [0.2, 0.25) is 11.9 Å². The quantitative estimate of drug-likeness (QED) is 0.0824. The van der Waals surface area contributed by atoms with Crippen LogP contribution in [0.15, 0.2) is 140 Å². The lowest BCUT2D eigenvalue weighted by Crippen LogP contribution is -2.66. The molecule has 10 nitrogen and oxygen atoms in total. The van der Waals surface area contributed by atoms with Crippen LogP contribution in [0.5, 0.6) is 0 Å². The lowest BCUT2D eigenvalue weighted by atomic mass is 9.86. The first-order valence-corrected chi connectivity index (χ1v) is 17.9. The Balaban J connectivity index is 1.49. The van der Waals surface area contributed by atoms with Crippen LogP contribution in [0.1, 0.15) is 52.6 Å². The Hall–Kier alpha value is -5.33. The third-order valence-electron chi connectivity index (χ3n) is 8.45. The summed E-state index contributed by atoms with van der Waals surface area (Å²) < 4.78 is 30.2. The maximum Gasteiger partial charge on any atom is 0.338 e. The maximum atomic E-state index is 13.8. The van der Waals surface area contributed by atoms with E-state index in [4.69, 9.17) is 35.3 Å². The number of hydrogen-bond donors (Lipinski definition) is 1. The Kier molecular flexibility index (Phi) is 12.0. The number of aliphatic hydroxyl groups is 1. The molecule has 1 fully saturated rings. The van der Waals surface area contributed by atoms with Crippen molar-refractivity contribution < 1.29 is 48.0 Å². The molecule has 1 saturated heterocycles. The molecule has 0 bridgehead atoms. The number of rotatable bonds is 11. The van der Waals surface area contributed by atoms with Crippen molar-refractivity contribution in [1.82, 2.24) is 0 Å². The van der Waals surface area contributed by atoms with Crippen LogP contribution in [0.4, 0.5) is 0 Å². The molecular formula is C41H32BrClO10. The molecule has 6 rings (SSSR count). The van der Waals surface area contributed by atoms with Crippen LogP contribution in [0.3, 0.4) is 0 Å². The van der Waals surface area contributed by atoms with Gasteiger partial charge in [0, 0.05) is 15.9 Å². The van der Waals surface area contributed by atoms with Gasteiger partial charge in [-0.3, -0.25) is 0 Å². The van der Waals surface area contributed by atoms with Gasteiger partial charge in [0.25, 0.3) is 0 Å². The van der Waals surface area contributed by atoms with Gasteiger partial charge in [-0.05, 0) is 66.2 Å². The second-order valence-electron chi connectivity index (χ2n) is 11.9. The third-order valence-corrected chi connectivity index (χ3v) is 9.42. The van der Waals surface area contributed by atoms with Crippen LogP contribution < -0.4 is 0 Å². The van der Waals surface area contributed by atoms with E-state index >= 15 is 0 Å². The van der Waals surface area contributed by atoms with Crippen molar-refractivity contribution in [3.8, 4) is 0 Å². The van der Waals surface area contributed by atoms with Crippen LogP contribution in [-0.4, -0.2) is 60.0 Å². The summed E-state index contributed by atoms with van der Waals surface area (Å²) in [4.78, 5) is 54.5. The minimum absolute atomic E-state index is 0.0511. The highest BCUT2D eigenvalue weighted by atomic mass is 79.9. The fraction of sp³-hybridized carbons (Fsp3) is 0.171. The van der Waals surface area contributed by atoms with Crippen molar-refractivity contribution in [1.29, 1.82) is 0 Å². The molecule has 0 saturated carbocycles. The molecule has 1 aliphatic heterocycles. The molecule has 53 heavy (non-hydrogen) atoms. The van der Waals surface area contributed by atoms with Gasteiger partial charge in [-0.25, -0.2) is 19.2 Å². The second-order valence-corrected chi connectivity index (χ2v) is 12.9. The normalized spacial score (nSPS) is 20.8. The average molecular weight is 800 g/mol. The predicted octanol–water partition coefficient (Wildman–Crippen LogP) is 7.31. The zero-order valence-corrected chi connectivity index (χ0v) is 30.2. The monoisotopic (exact) mass is 798 g/mol. The number of ether oxygens (including phenoxy) is 5. The number of hydrogen-bond acceptors (Lipinski definition) is 10. The Morgan fingerprint density at radius 3 is 1.53 bits per heavy atom. The minimum atomic E-state index is -2.60. The average Bonchev–Trinajstić information content (AvgIpc) is 3.20. The maximum absolute atomic E-state index is 13.8. The van der Waals surface area contributed by atoms with E-state index in [1.807, 2.05) is 0 Å². The van der Waals surface area contributed by atoms with Gasteiger partial charge in [0.1, 0.15) is 12.7 Å². The molecule has 0 spiro atoms. The Labute approximate surface area is 318 Å². The Morgan fingerprint density at radius 2 is 1.06 bits per heavy atom. The first-order valence-electron chi connectivity index (χ1n) is 16.4. The first-order chi connectivity index (χ1) is 25.7. The molecule has 1 unspecified atom stereocenters. The number of halogens is 2. The predicted molar refractivity (Wildman–Crippen MR) is 197 cm³/mol. The summed E-state index contributed by atoms with van der Waals surface area (Å²) >= 11 is 9.83. The van der Waals surface area contributed by atoms with E-state index in [0.717, 1.165) is 0 Å². The summed E-state index contributed by atoms with van der Waals surface area (Å²) in [6, 6.07) is 36.5. The molecule has 12 heteroatoms. The molecule has 0 radical (unpaired) electrons. The summed E-state index contributed by atoms with van der Waals surface area (Å²) in [5.41, 5.74) is 1.17. The van der Waals surface area contributed by atoms with Crippen LogP contribution in [0, 0.1) is 0 Å². The van der Waals surface area contributed by atoms with E-state index in [-0.39, 0.29) is 33.1 Å². The SMILES string of the molecule is O=C(OC[C@H]1OC(O)(c2ccc(Cl)c(CBr)c2)[C@H](OC(=O)c2ccccc2)[C@@H](OC(=O)c2ccccc2)[C@@H]1OC(=O)c1ccccc1)c1ccccc1. The molecule has 270 valence electrons. The fourth-order valence-corrected chi connectivity index (χ4v) is 6.57. The summed E-state index contributed by atoms with van der Waals surface area (Å²) in [6.07, 6.45) is -6.73. The van der Waals surface area contributed by atoms with Gasteiger partial charge >= 0.3 is 23.9 Å². The topological polar surface area (TPSA) is 135 Å². The van der Waals surface area contributed by atoms with E-state index in [9.17, 15) is 24.3 Å². The van der Waals surface area contributed by atoms with E-state index in [2.05, 4.69) is 15.9 Å². The van der Waals surface area contributed by atoms with E-state index < -0.39 is 60.7 Å². The highest BCUT2D eigenvalue weighted by molar-refractivity contribution is 9.08. The summed E-state index contributed by atoms with van der Waals surface area (Å²) in [5, 5.41) is 13.4. The second kappa shape index (κ2) is 17.0. The molecule has 1 heterocycles.